The normalized spacial score (nSPS) is 35.5. The molecule has 0 radical (unpaired) electrons. The van der Waals surface area contributed by atoms with Gasteiger partial charge in [-0.3, -0.25) is 16.2 Å². The fourth-order valence-corrected chi connectivity index (χ4v) is 3.74. The Morgan fingerprint density at radius 3 is 2.74 bits per heavy atom. The van der Waals surface area contributed by atoms with E-state index in [0.29, 0.717) is 18.0 Å². The van der Waals surface area contributed by atoms with E-state index in [9.17, 15) is 0 Å². The second-order valence-electron chi connectivity index (χ2n) is 6.72. The Balaban J connectivity index is 1.96. The van der Waals surface area contributed by atoms with Crippen LogP contribution in [0.15, 0.2) is 0 Å². The third kappa shape index (κ3) is 3.91. The van der Waals surface area contributed by atoms with Crippen molar-refractivity contribution >= 4 is 0 Å². The summed E-state index contributed by atoms with van der Waals surface area (Å²) in [7, 11) is 0. The van der Waals surface area contributed by atoms with Crippen molar-refractivity contribution in [1.82, 2.24) is 10.3 Å². The smallest absolute Gasteiger partial charge is 0.0871 e. The number of rotatable bonds is 4. The highest BCUT2D eigenvalue weighted by Gasteiger charge is 2.35. The van der Waals surface area contributed by atoms with Gasteiger partial charge < -0.3 is 4.74 Å². The highest BCUT2D eigenvalue weighted by atomic mass is 16.5. The van der Waals surface area contributed by atoms with Crippen molar-refractivity contribution < 1.29 is 4.74 Å². The van der Waals surface area contributed by atoms with Gasteiger partial charge in [0.2, 0.25) is 0 Å². The van der Waals surface area contributed by atoms with Gasteiger partial charge in [-0.25, -0.2) is 0 Å². The monoisotopic (exact) mass is 269 g/mol. The summed E-state index contributed by atoms with van der Waals surface area (Å²) in [5.41, 5.74) is 3.07. The molecule has 0 aromatic rings. The Hall–Kier alpha value is -0.160. The molecule has 1 aliphatic carbocycles. The molecule has 1 heterocycles. The van der Waals surface area contributed by atoms with E-state index in [4.69, 9.17) is 10.6 Å². The van der Waals surface area contributed by atoms with Gasteiger partial charge in [0, 0.05) is 19.1 Å². The lowest BCUT2D eigenvalue weighted by atomic mass is 9.77. The topological polar surface area (TPSA) is 50.5 Å². The molecule has 112 valence electrons. The van der Waals surface area contributed by atoms with Crippen LogP contribution in [0.4, 0.5) is 0 Å². The molecule has 4 atom stereocenters. The molecule has 19 heavy (non-hydrogen) atoms. The number of nitrogens with one attached hydrogen (secondary N) is 1. The second kappa shape index (κ2) is 7.02. The van der Waals surface area contributed by atoms with Gasteiger partial charge >= 0.3 is 0 Å². The average molecular weight is 269 g/mol. The maximum Gasteiger partial charge on any atom is 0.0871 e. The Kier molecular flexibility index (Phi) is 5.63. The molecular formula is C15H31N3O. The third-order valence-corrected chi connectivity index (χ3v) is 4.93. The van der Waals surface area contributed by atoms with Gasteiger partial charge in [-0.15, -0.1) is 0 Å². The minimum absolute atomic E-state index is 0.247. The Bertz CT molecular complexity index is 272. The summed E-state index contributed by atoms with van der Waals surface area (Å²) >= 11 is 0. The van der Waals surface area contributed by atoms with E-state index < -0.39 is 0 Å². The van der Waals surface area contributed by atoms with Crippen LogP contribution in [-0.4, -0.2) is 42.8 Å². The predicted molar refractivity (Wildman–Crippen MR) is 78.7 cm³/mol. The van der Waals surface area contributed by atoms with Crippen molar-refractivity contribution in [2.45, 2.75) is 64.6 Å². The summed E-state index contributed by atoms with van der Waals surface area (Å²) in [5.74, 6) is 7.36. The largest absolute Gasteiger partial charge is 0.374 e. The molecule has 3 N–H and O–H groups in total. The first-order valence-corrected chi connectivity index (χ1v) is 7.93. The zero-order valence-corrected chi connectivity index (χ0v) is 12.8. The Labute approximate surface area is 118 Å². The zero-order chi connectivity index (χ0) is 13.8. The van der Waals surface area contributed by atoms with Crippen molar-refractivity contribution in [3.8, 4) is 0 Å². The standard InChI is InChI=1S/C15H31N3O/c1-11(2)18-7-8-19-14(10-18)15(17-16)13-6-4-5-12(3)9-13/h11-15,17H,4-10,16H2,1-3H3. The van der Waals surface area contributed by atoms with Crippen molar-refractivity contribution in [3.63, 3.8) is 0 Å². The molecule has 1 saturated heterocycles. The maximum absolute atomic E-state index is 6.02. The first-order valence-electron chi connectivity index (χ1n) is 7.93. The lowest BCUT2D eigenvalue weighted by molar-refractivity contribution is -0.0687. The van der Waals surface area contributed by atoms with E-state index in [0.717, 1.165) is 25.6 Å². The summed E-state index contributed by atoms with van der Waals surface area (Å²) < 4.78 is 6.02. The molecule has 2 rings (SSSR count). The van der Waals surface area contributed by atoms with Gasteiger partial charge in [0.15, 0.2) is 0 Å². The van der Waals surface area contributed by atoms with Gasteiger partial charge in [-0.05, 0) is 38.5 Å². The van der Waals surface area contributed by atoms with Crippen molar-refractivity contribution in [2.24, 2.45) is 17.7 Å². The molecule has 0 spiro atoms. The number of nitrogens with zero attached hydrogens (tertiary/aromatic N) is 1. The average Bonchev–Trinajstić information content (AvgIpc) is 2.40. The molecule has 1 saturated carbocycles. The van der Waals surface area contributed by atoms with E-state index in [-0.39, 0.29) is 6.10 Å². The van der Waals surface area contributed by atoms with Gasteiger partial charge in [-0.2, -0.15) is 0 Å². The number of nitrogens with two attached hydrogens (primary N) is 1. The van der Waals surface area contributed by atoms with Crippen molar-refractivity contribution in [1.29, 1.82) is 0 Å². The third-order valence-electron chi connectivity index (χ3n) is 4.93. The number of hydrogen-bond acceptors (Lipinski definition) is 4. The van der Waals surface area contributed by atoms with Crippen LogP contribution in [0.1, 0.15) is 46.5 Å². The number of hydrogen-bond donors (Lipinski definition) is 2. The molecule has 2 fully saturated rings. The summed E-state index contributed by atoms with van der Waals surface area (Å²) in [5, 5.41) is 0. The summed E-state index contributed by atoms with van der Waals surface area (Å²) in [6.07, 6.45) is 5.54. The van der Waals surface area contributed by atoms with Crippen molar-refractivity contribution in [3.05, 3.63) is 0 Å². The lowest BCUT2D eigenvalue weighted by Crippen LogP contribution is -2.58. The molecule has 0 bridgehead atoms. The molecule has 4 heteroatoms. The second-order valence-corrected chi connectivity index (χ2v) is 6.72. The first-order chi connectivity index (χ1) is 9.11. The van der Waals surface area contributed by atoms with E-state index in [1.807, 2.05) is 0 Å². The van der Waals surface area contributed by atoms with Gasteiger partial charge in [0.25, 0.3) is 0 Å². The van der Waals surface area contributed by atoms with Crippen LogP contribution in [0.2, 0.25) is 0 Å². The minimum atomic E-state index is 0.247. The predicted octanol–water partition coefficient (Wildman–Crippen LogP) is 1.75. The Morgan fingerprint density at radius 2 is 2.11 bits per heavy atom. The van der Waals surface area contributed by atoms with Gasteiger partial charge in [-0.1, -0.05) is 19.8 Å². The molecule has 0 amide bonds. The van der Waals surface area contributed by atoms with Crippen LogP contribution in [0.25, 0.3) is 0 Å². The zero-order valence-electron chi connectivity index (χ0n) is 12.8. The SMILES string of the molecule is CC1CCCC(C(NN)C2CN(C(C)C)CCO2)C1. The van der Waals surface area contributed by atoms with Crippen LogP contribution in [-0.2, 0) is 4.74 Å². The number of hydrazine groups is 1. The molecule has 1 aliphatic heterocycles. The fourth-order valence-electron chi connectivity index (χ4n) is 3.74. The summed E-state index contributed by atoms with van der Waals surface area (Å²) in [6, 6.07) is 0.902. The van der Waals surface area contributed by atoms with E-state index in [1.165, 1.54) is 25.7 Å². The van der Waals surface area contributed by atoms with E-state index in [2.05, 4.69) is 31.1 Å². The summed E-state index contributed by atoms with van der Waals surface area (Å²) in [6.45, 7) is 9.78. The van der Waals surface area contributed by atoms with Crippen LogP contribution in [0, 0.1) is 11.8 Å². The van der Waals surface area contributed by atoms with Crippen LogP contribution in [0.3, 0.4) is 0 Å². The van der Waals surface area contributed by atoms with Gasteiger partial charge in [0.1, 0.15) is 0 Å². The highest BCUT2D eigenvalue weighted by molar-refractivity contribution is 4.89. The fraction of sp³-hybridized carbons (Fsp3) is 1.00. The van der Waals surface area contributed by atoms with Crippen LogP contribution in [0.5, 0.6) is 0 Å². The van der Waals surface area contributed by atoms with Crippen LogP contribution >= 0.6 is 0 Å². The van der Waals surface area contributed by atoms with Crippen LogP contribution < -0.4 is 11.3 Å². The molecule has 2 aliphatic rings. The van der Waals surface area contributed by atoms with E-state index in [1.54, 1.807) is 0 Å². The quantitative estimate of drug-likeness (QED) is 0.603. The molecular weight excluding hydrogens is 238 g/mol. The van der Waals surface area contributed by atoms with Gasteiger partial charge in [0.05, 0.1) is 18.8 Å². The first kappa shape index (κ1) is 15.2. The minimum Gasteiger partial charge on any atom is -0.374 e. The van der Waals surface area contributed by atoms with Crippen molar-refractivity contribution in [2.75, 3.05) is 19.7 Å². The number of morpholine rings is 1. The molecule has 0 aromatic heterocycles. The maximum atomic E-state index is 6.02. The molecule has 4 nitrogen and oxygen atoms in total. The summed E-state index contributed by atoms with van der Waals surface area (Å²) in [4.78, 5) is 2.50. The van der Waals surface area contributed by atoms with E-state index >= 15 is 0 Å². The molecule has 0 aromatic carbocycles. The lowest BCUT2D eigenvalue weighted by Gasteiger charge is -2.42. The Morgan fingerprint density at radius 1 is 1.32 bits per heavy atom. The highest BCUT2D eigenvalue weighted by Crippen LogP contribution is 2.32. The number of ether oxygens (including phenoxy) is 1. The molecule has 4 unspecified atom stereocenters.